The van der Waals surface area contributed by atoms with Crippen molar-refractivity contribution in [2.45, 2.75) is 16.2 Å². The second-order valence-corrected chi connectivity index (χ2v) is 5.85. The maximum atomic E-state index is 13.2. The van der Waals surface area contributed by atoms with Crippen molar-refractivity contribution in [2.24, 2.45) is 0 Å². The molecule has 0 aliphatic carbocycles. The van der Waals surface area contributed by atoms with Crippen LogP contribution in [0.5, 0.6) is 11.5 Å². The molecule has 0 fully saturated rings. The Kier molecular flexibility index (Phi) is 4.67. The summed E-state index contributed by atoms with van der Waals surface area (Å²) in [6.45, 7) is 0. The number of aromatic nitrogens is 3. The summed E-state index contributed by atoms with van der Waals surface area (Å²) < 4.78 is 49.8. The second-order valence-electron chi connectivity index (χ2n) is 4.84. The van der Waals surface area contributed by atoms with Crippen LogP contribution >= 0.6 is 11.8 Å². The maximum Gasteiger partial charge on any atom is 0.451 e. The molecular formula is C16H12F3N3O2S. The monoisotopic (exact) mass is 367 g/mol. The zero-order chi connectivity index (χ0) is 18.0. The fourth-order valence-corrected chi connectivity index (χ4v) is 3.00. The number of rotatable bonds is 4. The van der Waals surface area contributed by atoms with Crippen LogP contribution in [0.1, 0.15) is 5.82 Å². The lowest BCUT2D eigenvalue weighted by molar-refractivity contribution is -0.145. The van der Waals surface area contributed by atoms with E-state index in [1.807, 2.05) is 0 Å². The molecule has 0 atom stereocenters. The van der Waals surface area contributed by atoms with Gasteiger partial charge in [-0.05, 0) is 30.0 Å². The van der Waals surface area contributed by atoms with Gasteiger partial charge in [0, 0.05) is 17.6 Å². The molecule has 25 heavy (non-hydrogen) atoms. The number of alkyl halides is 3. The summed E-state index contributed by atoms with van der Waals surface area (Å²) in [5, 5.41) is 1.07. The molecule has 0 aliphatic heterocycles. The Hall–Kier alpha value is -2.55. The Morgan fingerprint density at radius 2 is 1.72 bits per heavy atom. The number of benzene rings is 1. The number of hydrogen-bond donors (Lipinski definition) is 0. The van der Waals surface area contributed by atoms with Crippen molar-refractivity contribution in [3.8, 4) is 11.5 Å². The second kappa shape index (κ2) is 6.75. The number of ether oxygens (including phenoxy) is 2. The van der Waals surface area contributed by atoms with Crippen LogP contribution < -0.4 is 9.47 Å². The number of methoxy groups -OCH3 is 2. The van der Waals surface area contributed by atoms with Crippen LogP contribution in [-0.2, 0) is 6.18 Å². The van der Waals surface area contributed by atoms with Crippen molar-refractivity contribution >= 4 is 22.7 Å². The molecule has 9 heteroatoms. The SMILES string of the molecule is COc1cc2nc(C(F)(F)F)nc(Sc3ccccn3)c2cc1OC. The molecular weight excluding hydrogens is 355 g/mol. The molecule has 0 radical (unpaired) electrons. The minimum Gasteiger partial charge on any atom is -0.493 e. The first kappa shape index (κ1) is 17.3. The average Bonchev–Trinajstić information content (AvgIpc) is 2.60. The van der Waals surface area contributed by atoms with Gasteiger partial charge in [-0.2, -0.15) is 13.2 Å². The summed E-state index contributed by atoms with van der Waals surface area (Å²) in [6.07, 6.45) is -3.11. The molecule has 0 aliphatic rings. The number of halogens is 3. The van der Waals surface area contributed by atoms with E-state index in [2.05, 4.69) is 15.0 Å². The van der Waals surface area contributed by atoms with Crippen molar-refractivity contribution < 1.29 is 22.6 Å². The topological polar surface area (TPSA) is 57.1 Å². The van der Waals surface area contributed by atoms with Gasteiger partial charge in [0.15, 0.2) is 11.5 Å². The molecule has 0 saturated heterocycles. The average molecular weight is 367 g/mol. The Balaban J connectivity index is 2.23. The summed E-state index contributed by atoms with van der Waals surface area (Å²) >= 11 is 1.02. The molecule has 2 aromatic heterocycles. The van der Waals surface area contributed by atoms with E-state index in [4.69, 9.17) is 9.47 Å². The first-order valence-corrected chi connectivity index (χ1v) is 7.84. The Labute approximate surface area is 145 Å². The maximum absolute atomic E-state index is 13.2. The quantitative estimate of drug-likeness (QED) is 0.644. The van der Waals surface area contributed by atoms with Crippen LogP contribution in [0, 0.1) is 0 Å². The van der Waals surface area contributed by atoms with Gasteiger partial charge in [-0.3, -0.25) is 0 Å². The van der Waals surface area contributed by atoms with Crippen LogP contribution in [0.4, 0.5) is 13.2 Å². The summed E-state index contributed by atoms with van der Waals surface area (Å²) in [7, 11) is 2.85. The van der Waals surface area contributed by atoms with Gasteiger partial charge >= 0.3 is 6.18 Å². The van der Waals surface area contributed by atoms with Crippen LogP contribution in [-0.4, -0.2) is 29.2 Å². The van der Waals surface area contributed by atoms with Gasteiger partial charge in [0.1, 0.15) is 10.1 Å². The van der Waals surface area contributed by atoms with Gasteiger partial charge in [0.05, 0.1) is 19.7 Å². The van der Waals surface area contributed by atoms with E-state index in [0.717, 1.165) is 11.8 Å². The van der Waals surface area contributed by atoms with Crippen molar-refractivity contribution in [3.63, 3.8) is 0 Å². The third-order valence-corrected chi connectivity index (χ3v) is 4.21. The van der Waals surface area contributed by atoms with Crippen molar-refractivity contribution in [2.75, 3.05) is 14.2 Å². The zero-order valence-corrected chi connectivity index (χ0v) is 14.0. The van der Waals surface area contributed by atoms with E-state index in [0.29, 0.717) is 16.2 Å². The zero-order valence-electron chi connectivity index (χ0n) is 13.2. The van der Waals surface area contributed by atoms with Crippen molar-refractivity contribution in [1.82, 2.24) is 15.0 Å². The number of nitrogens with zero attached hydrogens (tertiary/aromatic N) is 3. The van der Waals surface area contributed by atoms with Gasteiger partial charge in [-0.1, -0.05) is 6.07 Å². The van der Waals surface area contributed by atoms with Crippen LogP contribution in [0.2, 0.25) is 0 Å². The first-order chi connectivity index (χ1) is 11.9. The van der Waals surface area contributed by atoms with Gasteiger partial charge < -0.3 is 9.47 Å². The lowest BCUT2D eigenvalue weighted by Crippen LogP contribution is -2.12. The van der Waals surface area contributed by atoms with Gasteiger partial charge in [-0.15, -0.1) is 0 Å². The third kappa shape index (κ3) is 3.60. The Morgan fingerprint density at radius 3 is 2.32 bits per heavy atom. The Bertz CT molecular complexity index is 905. The molecule has 0 spiro atoms. The van der Waals surface area contributed by atoms with Crippen LogP contribution in [0.15, 0.2) is 46.6 Å². The molecule has 3 aromatic rings. The molecule has 130 valence electrons. The largest absolute Gasteiger partial charge is 0.493 e. The van der Waals surface area contributed by atoms with Gasteiger partial charge in [0.25, 0.3) is 0 Å². The molecule has 1 aromatic carbocycles. The normalized spacial score (nSPS) is 11.6. The molecule has 0 N–H and O–H groups in total. The summed E-state index contributed by atoms with van der Waals surface area (Å²) in [5.41, 5.74) is 0.110. The lowest BCUT2D eigenvalue weighted by atomic mass is 10.2. The molecule has 0 amide bonds. The summed E-state index contributed by atoms with van der Waals surface area (Å²) in [4.78, 5) is 11.4. The molecule has 0 saturated carbocycles. The van der Waals surface area contributed by atoms with Crippen LogP contribution in [0.3, 0.4) is 0 Å². The molecule has 3 rings (SSSR count). The number of hydrogen-bond acceptors (Lipinski definition) is 6. The van der Waals surface area contributed by atoms with Gasteiger partial charge in [0.2, 0.25) is 5.82 Å². The highest BCUT2D eigenvalue weighted by molar-refractivity contribution is 7.99. The molecule has 0 unspecified atom stereocenters. The fourth-order valence-electron chi connectivity index (χ4n) is 2.14. The van der Waals surface area contributed by atoms with E-state index < -0.39 is 12.0 Å². The van der Waals surface area contributed by atoms with Crippen LogP contribution in [0.25, 0.3) is 10.9 Å². The summed E-state index contributed by atoms with van der Waals surface area (Å²) in [6, 6.07) is 8.10. The van der Waals surface area contributed by atoms with E-state index >= 15 is 0 Å². The fraction of sp³-hybridized carbons (Fsp3) is 0.188. The predicted molar refractivity (Wildman–Crippen MR) is 86.0 cm³/mol. The minimum absolute atomic E-state index is 0.110. The van der Waals surface area contributed by atoms with E-state index in [1.54, 1.807) is 30.5 Å². The molecule has 5 nitrogen and oxygen atoms in total. The standard InChI is InChI=1S/C16H12F3N3O2S/c1-23-11-7-9-10(8-12(11)24-2)21-15(16(17,18)19)22-14(9)25-13-5-3-4-6-20-13/h3-8H,1-2H3. The van der Waals surface area contributed by atoms with E-state index in [1.165, 1.54) is 20.3 Å². The highest BCUT2D eigenvalue weighted by Crippen LogP contribution is 2.39. The highest BCUT2D eigenvalue weighted by Gasteiger charge is 2.36. The molecule has 2 heterocycles. The Morgan fingerprint density at radius 1 is 1.00 bits per heavy atom. The van der Waals surface area contributed by atoms with E-state index in [9.17, 15) is 13.2 Å². The predicted octanol–water partition coefficient (Wildman–Crippen LogP) is 4.21. The smallest absolute Gasteiger partial charge is 0.451 e. The highest BCUT2D eigenvalue weighted by atomic mass is 32.2. The summed E-state index contributed by atoms with van der Waals surface area (Å²) in [5.74, 6) is -0.553. The lowest BCUT2D eigenvalue weighted by Gasteiger charge is -2.13. The van der Waals surface area contributed by atoms with Crippen molar-refractivity contribution in [3.05, 3.63) is 42.4 Å². The number of fused-ring (bicyclic) bond motifs is 1. The first-order valence-electron chi connectivity index (χ1n) is 7.02. The third-order valence-electron chi connectivity index (χ3n) is 3.26. The molecule has 0 bridgehead atoms. The minimum atomic E-state index is -4.67. The van der Waals surface area contributed by atoms with Gasteiger partial charge in [-0.25, -0.2) is 15.0 Å². The number of pyridine rings is 1. The van der Waals surface area contributed by atoms with Crippen molar-refractivity contribution in [1.29, 1.82) is 0 Å². The van der Waals surface area contributed by atoms with E-state index in [-0.39, 0.29) is 16.3 Å².